The van der Waals surface area contributed by atoms with Crippen molar-refractivity contribution < 1.29 is 19.3 Å². The molecule has 25 heavy (non-hydrogen) atoms. The molecule has 0 aliphatic heterocycles. The molecule has 0 atom stereocenters. The Morgan fingerprint density at radius 2 is 2.24 bits per heavy atom. The van der Waals surface area contributed by atoms with Crippen LogP contribution in [-0.2, 0) is 16.2 Å². The van der Waals surface area contributed by atoms with Crippen LogP contribution in [0.25, 0.3) is 0 Å². The second-order valence-electron chi connectivity index (χ2n) is 4.73. The first-order valence-electron chi connectivity index (χ1n) is 6.95. The van der Waals surface area contributed by atoms with Crippen LogP contribution < -0.4 is 10.5 Å². The molecule has 10 nitrogen and oxygen atoms in total. The number of aryl methyl sites for hydroxylation is 1. The number of carbonyl (C=O) groups is 1. The third kappa shape index (κ3) is 4.91. The van der Waals surface area contributed by atoms with Crippen molar-refractivity contribution in [1.82, 2.24) is 9.78 Å². The first-order valence-corrected chi connectivity index (χ1v) is 7.33. The fourth-order valence-corrected chi connectivity index (χ4v) is 2.03. The molecule has 0 spiro atoms. The Morgan fingerprint density at radius 3 is 2.88 bits per heavy atom. The van der Waals surface area contributed by atoms with Crippen LogP contribution in [0, 0.1) is 10.1 Å². The monoisotopic (exact) mass is 367 g/mol. The number of rotatable bonds is 7. The summed E-state index contributed by atoms with van der Waals surface area (Å²) >= 11 is 5.89. The molecule has 2 N–H and O–H groups in total. The van der Waals surface area contributed by atoms with E-state index >= 15 is 0 Å². The highest BCUT2D eigenvalue weighted by atomic mass is 35.5. The van der Waals surface area contributed by atoms with Gasteiger partial charge in [-0.15, -0.1) is 0 Å². The SMILES string of the molecule is COc1ccc(Cl)cc1/C(N)=N/OC(=O)CCn1ccc([N+](=O)[O-])n1. The van der Waals surface area contributed by atoms with Gasteiger partial charge in [-0.25, -0.2) is 4.79 Å². The summed E-state index contributed by atoms with van der Waals surface area (Å²) in [5.41, 5.74) is 6.15. The number of nitrogens with zero attached hydrogens (tertiary/aromatic N) is 4. The maximum atomic E-state index is 11.7. The molecule has 0 bridgehead atoms. The summed E-state index contributed by atoms with van der Waals surface area (Å²) in [6.07, 6.45) is 1.29. The number of amidine groups is 1. The van der Waals surface area contributed by atoms with E-state index in [1.807, 2.05) is 0 Å². The van der Waals surface area contributed by atoms with E-state index in [2.05, 4.69) is 10.3 Å². The van der Waals surface area contributed by atoms with Gasteiger partial charge in [0.2, 0.25) is 0 Å². The van der Waals surface area contributed by atoms with E-state index in [4.69, 9.17) is 26.9 Å². The van der Waals surface area contributed by atoms with E-state index in [0.717, 1.165) is 0 Å². The molecule has 2 aromatic rings. The summed E-state index contributed by atoms with van der Waals surface area (Å²) in [7, 11) is 1.45. The number of ether oxygens (including phenoxy) is 1. The van der Waals surface area contributed by atoms with E-state index in [1.165, 1.54) is 30.1 Å². The predicted octanol–water partition coefficient (Wildman–Crippen LogP) is 1.71. The second-order valence-corrected chi connectivity index (χ2v) is 5.16. The minimum absolute atomic E-state index is 0.0811. The normalized spacial score (nSPS) is 11.2. The van der Waals surface area contributed by atoms with Crippen molar-refractivity contribution >= 4 is 29.2 Å². The molecule has 1 aromatic heterocycles. The third-order valence-corrected chi connectivity index (χ3v) is 3.28. The van der Waals surface area contributed by atoms with E-state index < -0.39 is 10.9 Å². The van der Waals surface area contributed by atoms with Crippen molar-refractivity contribution in [1.29, 1.82) is 0 Å². The van der Waals surface area contributed by atoms with E-state index in [1.54, 1.807) is 12.1 Å². The van der Waals surface area contributed by atoms with Crippen LogP contribution in [0.4, 0.5) is 5.82 Å². The summed E-state index contributed by atoms with van der Waals surface area (Å²) in [5.74, 6) is -0.640. The molecule has 0 aliphatic rings. The lowest BCUT2D eigenvalue weighted by atomic mass is 10.2. The Balaban J connectivity index is 1.95. The van der Waals surface area contributed by atoms with Gasteiger partial charge in [-0.3, -0.25) is 0 Å². The Labute approximate surface area is 146 Å². The Bertz CT molecular complexity index is 820. The van der Waals surface area contributed by atoms with Crippen LogP contribution >= 0.6 is 11.6 Å². The van der Waals surface area contributed by atoms with Crippen molar-refractivity contribution in [3.8, 4) is 5.75 Å². The number of benzene rings is 1. The van der Waals surface area contributed by atoms with E-state index in [-0.39, 0.29) is 24.6 Å². The zero-order chi connectivity index (χ0) is 18.4. The molecule has 1 aromatic carbocycles. The van der Waals surface area contributed by atoms with Crippen LogP contribution in [0.3, 0.4) is 0 Å². The first-order chi connectivity index (χ1) is 11.9. The zero-order valence-corrected chi connectivity index (χ0v) is 13.8. The maximum absolute atomic E-state index is 11.7. The predicted molar refractivity (Wildman–Crippen MR) is 88.3 cm³/mol. The molecule has 0 aliphatic carbocycles. The topological polar surface area (TPSA) is 135 Å². The quantitative estimate of drug-likeness (QED) is 0.258. The molecule has 0 fully saturated rings. The molecule has 0 unspecified atom stereocenters. The lowest BCUT2D eigenvalue weighted by molar-refractivity contribution is -0.389. The van der Waals surface area contributed by atoms with Gasteiger partial charge in [0.15, 0.2) is 5.84 Å². The Hall–Kier alpha value is -3.14. The highest BCUT2D eigenvalue weighted by Gasteiger charge is 2.13. The van der Waals surface area contributed by atoms with Crippen molar-refractivity contribution in [2.45, 2.75) is 13.0 Å². The number of hydrogen-bond acceptors (Lipinski definition) is 7. The van der Waals surface area contributed by atoms with E-state index in [9.17, 15) is 14.9 Å². The van der Waals surface area contributed by atoms with Gasteiger partial charge in [-0.2, -0.15) is 4.68 Å². The van der Waals surface area contributed by atoms with Gasteiger partial charge in [0.25, 0.3) is 0 Å². The summed E-state index contributed by atoms with van der Waals surface area (Å²) in [5, 5.41) is 18.2. The number of hydrogen-bond donors (Lipinski definition) is 1. The molecule has 2 rings (SSSR count). The Kier molecular flexibility index (Phi) is 5.90. The third-order valence-electron chi connectivity index (χ3n) is 3.04. The lowest BCUT2D eigenvalue weighted by Crippen LogP contribution is -2.17. The van der Waals surface area contributed by atoms with E-state index in [0.29, 0.717) is 16.3 Å². The molecular formula is C14H14ClN5O5. The van der Waals surface area contributed by atoms with Crippen LogP contribution in [0.5, 0.6) is 5.75 Å². The van der Waals surface area contributed by atoms with Gasteiger partial charge in [0.1, 0.15) is 5.75 Å². The first kappa shape index (κ1) is 18.2. The van der Waals surface area contributed by atoms with Crippen molar-refractivity contribution in [2.75, 3.05) is 7.11 Å². The van der Waals surface area contributed by atoms with Gasteiger partial charge in [0.05, 0.1) is 43.0 Å². The number of halogens is 1. The molecule has 132 valence electrons. The van der Waals surface area contributed by atoms with Crippen molar-refractivity contribution in [3.05, 3.63) is 51.2 Å². The summed E-state index contributed by atoms with van der Waals surface area (Å²) in [6, 6.07) is 5.97. The maximum Gasteiger partial charge on any atom is 0.389 e. The highest BCUT2D eigenvalue weighted by molar-refractivity contribution is 6.31. The van der Waals surface area contributed by atoms with Crippen molar-refractivity contribution in [3.63, 3.8) is 0 Å². The zero-order valence-electron chi connectivity index (χ0n) is 13.1. The van der Waals surface area contributed by atoms with Gasteiger partial charge in [-0.1, -0.05) is 16.8 Å². The van der Waals surface area contributed by atoms with Gasteiger partial charge in [0, 0.05) is 5.02 Å². The van der Waals surface area contributed by atoms with Gasteiger partial charge in [-0.05, 0) is 23.1 Å². The molecular weight excluding hydrogens is 354 g/mol. The van der Waals surface area contributed by atoms with Crippen LogP contribution in [-0.4, -0.2) is 33.6 Å². The van der Waals surface area contributed by atoms with Crippen LogP contribution in [0.15, 0.2) is 35.6 Å². The second kappa shape index (κ2) is 8.11. The average molecular weight is 368 g/mol. The fourth-order valence-electron chi connectivity index (χ4n) is 1.85. The average Bonchev–Trinajstić information content (AvgIpc) is 3.07. The lowest BCUT2D eigenvalue weighted by Gasteiger charge is -2.07. The molecule has 11 heteroatoms. The standard InChI is InChI=1S/C14H14ClN5O5/c1-24-11-3-2-9(15)8-10(11)14(16)18-25-13(21)5-7-19-6-4-12(17-19)20(22)23/h2-4,6,8H,5,7H2,1H3,(H2,16,18). The number of carbonyl (C=O) groups excluding carboxylic acids is 1. The molecule has 0 saturated carbocycles. The molecule has 0 saturated heterocycles. The molecule has 0 amide bonds. The smallest absolute Gasteiger partial charge is 0.389 e. The van der Waals surface area contributed by atoms with Crippen molar-refractivity contribution in [2.24, 2.45) is 10.9 Å². The van der Waals surface area contributed by atoms with Crippen LogP contribution in [0.2, 0.25) is 5.02 Å². The minimum Gasteiger partial charge on any atom is -0.496 e. The molecule has 1 heterocycles. The van der Waals surface area contributed by atoms with Gasteiger partial charge < -0.3 is 25.4 Å². The van der Waals surface area contributed by atoms with Gasteiger partial charge >= 0.3 is 11.8 Å². The summed E-state index contributed by atoms with van der Waals surface area (Å²) < 4.78 is 6.39. The number of aromatic nitrogens is 2. The minimum atomic E-state index is -0.679. The fraction of sp³-hybridized carbons (Fsp3) is 0.214. The molecule has 0 radical (unpaired) electrons. The summed E-state index contributed by atoms with van der Waals surface area (Å²) in [6.45, 7) is 0.0998. The number of nitro groups is 1. The van der Waals surface area contributed by atoms with Crippen LogP contribution in [0.1, 0.15) is 12.0 Å². The number of methoxy groups -OCH3 is 1. The Morgan fingerprint density at radius 1 is 1.48 bits per heavy atom. The number of oxime groups is 1. The highest BCUT2D eigenvalue weighted by Crippen LogP contribution is 2.22. The largest absolute Gasteiger partial charge is 0.496 e. The summed E-state index contributed by atoms with van der Waals surface area (Å²) in [4.78, 5) is 26.3. The number of nitrogens with two attached hydrogens (primary N) is 1.